The largest absolute Gasteiger partial charge is 0.481 e. The zero-order chi connectivity index (χ0) is 18.7. The van der Waals surface area contributed by atoms with Gasteiger partial charge in [-0.05, 0) is 36.3 Å². The highest BCUT2D eigenvalue weighted by Crippen LogP contribution is 2.30. The van der Waals surface area contributed by atoms with E-state index in [1.54, 1.807) is 0 Å². The molecular formula is C20H27N3O3. The summed E-state index contributed by atoms with van der Waals surface area (Å²) in [5.41, 5.74) is 1.90. The first-order valence-corrected chi connectivity index (χ1v) is 9.35. The molecule has 0 aliphatic carbocycles. The molecule has 1 amide bonds. The summed E-state index contributed by atoms with van der Waals surface area (Å²) in [7, 11) is 0. The second-order valence-corrected chi connectivity index (χ2v) is 7.75. The zero-order valence-corrected chi connectivity index (χ0v) is 15.4. The van der Waals surface area contributed by atoms with Gasteiger partial charge >= 0.3 is 5.97 Å². The number of fused-ring (bicyclic) bond motifs is 1. The number of carboxylic acids is 1. The maximum absolute atomic E-state index is 12.5. The SMILES string of the molecule is CC(C)CC(=O)N1CC[C@@H](CC(=O)O)[C@@H](Cc2nc3ccccc3[nH]2)C1. The van der Waals surface area contributed by atoms with Crippen LogP contribution in [0.15, 0.2) is 24.3 Å². The van der Waals surface area contributed by atoms with E-state index >= 15 is 0 Å². The number of benzene rings is 1. The second-order valence-electron chi connectivity index (χ2n) is 7.75. The Morgan fingerprint density at radius 1 is 1.31 bits per heavy atom. The van der Waals surface area contributed by atoms with Crippen LogP contribution in [0.3, 0.4) is 0 Å². The van der Waals surface area contributed by atoms with Gasteiger partial charge in [-0.1, -0.05) is 26.0 Å². The summed E-state index contributed by atoms with van der Waals surface area (Å²) >= 11 is 0. The molecule has 0 spiro atoms. The average Bonchev–Trinajstić information content (AvgIpc) is 2.97. The highest BCUT2D eigenvalue weighted by atomic mass is 16.4. The van der Waals surface area contributed by atoms with Gasteiger partial charge in [-0.15, -0.1) is 0 Å². The van der Waals surface area contributed by atoms with Gasteiger partial charge in [0.05, 0.1) is 11.0 Å². The van der Waals surface area contributed by atoms with Crippen LogP contribution >= 0.6 is 0 Å². The van der Waals surface area contributed by atoms with Crippen molar-refractivity contribution in [2.45, 2.75) is 39.5 Å². The molecule has 2 atom stereocenters. The Morgan fingerprint density at radius 2 is 2.08 bits per heavy atom. The van der Waals surface area contributed by atoms with Crippen molar-refractivity contribution in [2.24, 2.45) is 17.8 Å². The lowest BCUT2D eigenvalue weighted by Gasteiger charge is -2.38. The summed E-state index contributed by atoms with van der Waals surface area (Å²) in [6.07, 6.45) is 2.09. The molecule has 3 rings (SSSR count). The maximum atomic E-state index is 12.5. The molecule has 0 bridgehead atoms. The number of para-hydroxylation sites is 2. The fourth-order valence-electron chi connectivity index (χ4n) is 3.86. The molecular weight excluding hydrogens is 330 g/mol. The Balaban J connectivity index is 1.75. The number of nitrogens with zero attached hydrogens (tertiary/aromatic N) is 2. The van der Waals surface area contributed by atoms with E-state index in [4.69, 9.17) is 0 Å². The molecule has 1 aromatic carbocycles. The van der Waals surface area contributed by atoms with E-state index in [-0.39, 0.29) is 24.2 Å². The van der Waals surface area contributed by atoms with E-state index in [9.17, 15) is 14.7 Å². The number of aromatic nitrogens is 2. The molecule has 6 nitrogen and oxygen atoms in total. The number of amides is 1. The number of nitrogens with one attached hydrogen (secondary N) is 1. The number of carboxylic acid groups (broad SMARTS) is 1. The molecule has 2 heterocycles. The van der Waals surface area contributed by atoms with Crippen molar-refractivity contribution in [1.29, 1.82) is 0 Å². The lowest BCUT2D eigenvalue weighted by Crippen LogP contribution is -2.45. The predicted octanol–water partition coefficient (Wildman–Crippen LogP) is 3.09. The van der Waals surface area contributed by atoms with Crippen LogP contribution in [0.5, 0.6) is 0 Å². The Labute approximate surface area is 153 Å². The molecule has 0 unspecified atom stereocenters. The number of rotatable bonds is 6. The summed E-state index contributed by atoms with van der Waals surface area (Å²) in [6.45, 7) is 5.35. The van der Waals surface area contributed by atoms with Crippen molar-refractivity contribution >= 4 is 22.9 Å². The first-order valence-electron chi connectivity index (χ1n) is 9.35. The Hall–Kier alpha value is -2.37. The van der Waals surface area contributed by atoms with Gasteiger partial charge in [-0.25, -0.2) is 4.98 Å². The molecule has 1 aromatic heterocycles. The van der Waals surface area contributed by atoms with Crippen LogP contribution in [0.1, 0.15) is 38.9 Å². The smallest absolute Gasteiger partial charge is 0.303 e. The van der Waals surface area contributed by atoms with Crippen LogP contribution in [0.4, 0.5) is 0 Å². The predicted molar refractivity (Wildman–Crippen MR) is 99.7 cm³/mol. The monoisotopic (exact) mass is 357 g/mol. The Kier molecular flexibility index (Phi) is 5.59. The Morgan fingerprint density at radius 3 is 2.77 bits per heavy atom. The number of likely N-dealkylation sites (tertiary alicyclic amines) is 1. The Bertz CT molecular complexity index is 750. The van der Waals surface area contributed by atoms with Crippen molar-refractivity contribution in [1.82, 2.24) is 14.9 Å². The molecule has 1 fully saturated rings. The van der Waals surface area contributed by atoms with Gasteiger partial charge in [-0.3, -0.25) is 9.59 Å². The van der Waals surface area contributed by atoms with Gasteiger partial charge < -0.3 is 15.0 Å². The number of H-pyrrole nitrogens is 1. The maximum Gasteiger partial charge on any atom is 0.303 e. The summed E-state index contributed by atoms with van der Waals surface area (Å²) in [4.78, 5) is 33.6. The highest BCUT2D eigenvalue weighted by molar-refractivity contribution is 5.76. The van der Waals surface area contributed by atoms with Gasteiger partial charge in [0.2, 0.25) is 5.91 Å². The van der Waals surface area contributed by atoms with E-state index < -0.39 is 5.97 Å². The molecule has 6 heteroatoms. The normalized spacial score (nSPS) is 20.7. The molecule has 1 aliphatic heterocycles. The number of carbonyl (C=O) groups is 2. The number of hydrogen-bond donors (Lipinski definition) is 2. The van der Waals surface area contributed by atoms with Gasteiger partial charge in [0, 0.05) is 32.4 Å². The molecule has 26 heavy (non-hydrogen) atoms. The number of piperidine rings is 1. The molecule has 140 valence electrons. The second kappa shape index (κ2) is 7.89. The van der Waals surface area contributed by atoms with Crippen LogP contribution in [-0.4, -0.2) is 44.9 Å². The van der Waals surface area contributed by atoms with E-state index in [0.29, 0.717) is 31.8 Å². The van der Waals surface area contributed by atoms with E-state index in [1.807, 2.05) is 43.0 Å². The van der Waals surface area contributed by atoms with Gasteiger partial charge in [0.25, 0.3) is 0 Å². The van der Waals surface area contributed by atoms with Crippen LogP contribution in [-0.2, 0) is 16.0 Å². The highest BCUT2D eigenvalue weighted by Gasteiger charge is 2.33. The molecule has 0 radical (unpaired) electrons. The van der Waals surface area contributed by atoms with E-state index in [2.05, 4.69) is 9.97 Å². The number of imidazole rings is 1. The zero-order valence-electron chi connectivity index (χ0n) is 15.4. The third-order valence-electron chi connectivity index (χ3n) is 5.16. The summed E-state index contributed by atoms with van der Waals surface area (Å²) < 4.78 is 0. The fourth-order valence-corrected chi connectivity index (χ4v) is 3.86. The van der Waals surface area contributed by atoms with Crippen LogP contribution < -0.4 is 0 Å². The van der Waals surface area contributed by atoms with Crippen molar-refractivity contribution in [2.75, 3.05) is 13.1 Å². The number of hydrogen-bond acceptors (Lipinski definition) is 3. The van der Waals surface area contributed by atoms with Crippen LogP contribution in [0.2, 0.25) is 0 Å². The van der Waals surface area contributed by atoms with Gasteiger partial charge in [0.15, 0.2) is 0 Å². The molecule has 2 N–H and O–H groups in total. The fraction of sp³-hybridized carbons (Fsp3) is 0.550. The minimum Gasteiger partial charge on any atom is -0.481 e. The lowest BCUT2D eigenvalue weighted by molar-refractivity contribution is -0.140. The quantitative estimate of drug-likeness (QED) is 0.832. The van der Waals surface area contributed by atoms with Gasteiger partial charge in [0.1, 0.15) is 5.82 Å². The van der Waals surface area contributed by atoms with Crippen molar-refractivity contribution < 1.29 is 14.7 Å². The number of aromatic amines is 1. The third-order valence-corrected chi connectivity index (χ3v) is 5.16. The van der Waals surface area contributed by atoms with E-state index in [1.165, 1.54) is 0 Å². The minimum absolute atomic E-state index is 0.0730. The van der Waals surface area contributed by atoms with Crippen LogP contribution in [0, 0.1) is 17.8 Å². The number of carbonyl (C=O) groups excluding carboxylic acids is 1. The van der Waals surface area contributed by atoms with Crippen molar-refractivity contribution in [3.05, 3.63) is 30.1 Å². The van der Waals surface area contributed by atoms with Gasteiger partial charge in [-0.2, -0.15) is 0 Å². The standard InChI is InChI=1S/C20H27N3O3/c1-13(2)9-19(24)23-8-7-14(11-20(25)26)15(12-23)10-18-21-16-5-3-4-6-17(16)22-18/h3-6,13-15H,7-12H2,1-2H3,(H,21,22)(H,25,26)/t14-,15-/m0/s1. The first kappa shape index (κ1) is 18.4. The lowest BCUT2D eigenvalue weighted by atomic mass is 9.81. The minimum atomic E-state index is -0.772. The molecule has 1 aliphatic rings. The number of aliphatic carboxylic acids is 1. The molecule has 2 aromatic rings. The third kappa shape index (κ3) is 4.42. The topological polar surface area (TPSA) is 86.3 Å². The van der Waals surface area contributed by atoms with Crippen molar-refractivity contribution in [3.8, 4) is 0 Å². The summed E-state index contributed by atoms with van der Waals surface area (Å²) in [5.74, 6) is 0.771. The van der Waals surface area contributed by atoms with E-state index in [0.717, 1.165) is 23.3 Å². The van der Waals surface area contributed by atoms with Crippen molar-refractivity contribution in [3.63, 3.8) is 0 Å². The molecule has 1 saturated heterocycles. The first-order chi connectivity index (χ1) is 12.4. The summed E-state index contributed by atoms with van der Waals surface area (Å²) in [5, 5.41) is 9.25. The summed E-state index contributed by atoms with van der Waals surface area (Å²) in [6, 6.07) is 7.86. The molecule has 0 saturated carbocycles. The average molecular weight is 357 g/mol. The van der Waals surface area contributed by atoms with Crippen LogP contribution in [0.25, 0.3) is 11.0 Å².